The lowest BCUT2D eigenvalue weighted by Gasteiger charge is -2.03. The van der Waals surface area contributed by atoms with Gasteiger partial charge in [-0.1, -0.05) is 81.8 Å². The van der Waals surface area contributed by atoms with Gasteiger partial charge in [0.1, 0.15) is 0 Å². The zero-order valence-electron chi connectivity index (χ0n) is 15.3. The molecule has 0 fully saturated rings. The maximum absolute atomic E-state index is 2.32. The summed E-state index contributed by atoms with van der Waals surface area (Å²) in [5, 5.41) is 2.73. The smallest absolute Gasteiger partial charge is 0.0355 e. The van der Waals surface area contributed by atoms with Crippen molar-refractivity contribution in [1.29, 1.82) is 0 Å². The maximum atomic E-state index is 2.32. The number of aryl methyl sites for hydroxylation is 1. The van der Waals surface area contributed by atoms with Crippen molar-refractivity contribution in [3.63, 3.8) is 0 Å². The summed E-state index contributed by atoms with van der Waals surface area (Å²) in [6, 6.07) is 24.2. The molecule has 0 saturated carbocycles. The van der Waals surface area contributed by atoms with Gasteiger partial charge in [-0.3, -0.25) is 0 Å². The normalized spacial score (nSPS) is 9.88. The Labute approximate surface area is 149 Å². The highest BCUT2D eigenvalue weighted by molar-refractivity contribution is 7.25. The molecule has 3 aromatic carbocycles. The standard InChI is InChI=1S/C19H14S.2C2H6/c1-13-6-8-14(9-7-13)15-10-11-19-17(12-15)16-4-2-3-5-18(16)20-19;2*1-2/h2-12H,1H3;2*1-2H3. The van der Waals surface area contributed by atoms with E-state index < -0.39 is 0 Å². The fraction of sp³-hybridized carbons (Fsp3) is 0.217. The summed E-state index contributed by atoms with van der Waals surface area (Å²) in [7, 11) is 0. The second-order valence-corrected chi connectivity index (χ2v) is 6.26. The number of hydrogen-bond donors (Lipinski definition) is 0. The third-order valence-corrected chi connectivity index (χ3v) is 4.91. The second-order valence-electron chi connectivity index (χ2n) is 5.18. The summed E-state index contributed by atoms with van der Waals surface area (Å²) in [5.74, 6) is 0. The lowest BCUT2D eigenvalue weighted by atomic mass is 10.0. The predicted molar refractivity (Wildman–Crippen MR) is 112 cm³/mol. The summed E-state index contributed by atoms with van der Waals surface area (Å²) in [5.41, 5.74) is 3.88. The van der Waals surface area contributed by atoms with Crippen LogP contribution in [0.25, 0.3) is 31.3 Å². The molecule has 0 unspecified atom stereocenters. The van der Waals surface area contributed by atoms with Gasteiger partial charge in [-0.05, 0) is 36.2 Å². The summed E-state index contributed by atoms with van der Waals surface area (Å²) in [6.07, 6.45) is 0. The summed E-state index contributed by atoms with van der Waals surface area (Å²) in [4.78, 5) is 0. The highest BCUT2D eigenvalue weighted by Crippen LogP contribution is 2.36. The molecule has 1 heteroatoms. The Kier molecular flexibility index (Phi) is 6.57. The van der Waals surface area contributed by atoms with Gasteiger partial charge in [0.25, 0.3) is 0 Å². The minimum Gasteiger partial charge on any atom is -0.135 e. The van der Waals surface area contributed by atoms with Crippen LogP contribution in [0.2, 0.25) is 0 Å². The quantitative estimate of drug-likeness (QED) is 0.330. The van der Waals surface area contributed by atoms with Crippen LogP contribution in [0.3, 0.4) is 0 Å². The van der Waals surface area contributed by atoms with Crippen molar-refractivity contribution in [1.82, 2.24) is 0 Å². The van der Waals surface area contributed by atoms with Crippen molar-refractivity contribution in [3.8, 4) is 11.1 Å². The average Bonchev–Trinajstić information content (AvgIpc) is 3.03. The Morgan fingerprint density at radius 1 is 0.583 bits per heavy atom. The van der Waals surface area contributed by atoms with Crippen LogP contribution >= 0.6 is 11.3 Å². The summed E-state index contributed by atoms with van der Waals surface area (Å²) >= 11 is 1.87. The summed E-state index contributed by atoms with van der Waals surface area (Å²) < 4.78 is 2.73. The van der Waals surface area contributed by atoms with E-state index in [4.69, 9.17) is 0 Å². The monoisotopic (exact) mass is 334 g/mol. The third-order valence-electron chi connectivity index (χ3n) is 3.76. The molecule has 0 radical (unpaired) electrons. The van der Waals surface area contributed by atoms with Crippen molar-refractivity contribution in [2.75, 3.05) is 0 Å². The Balaban J connectivity index is 0.000000487. The highest BCUT2D eigenvalue weighted by atomic mass is 32.1. The largest absolute Gasteiger partial charge is 0.135 e. The Morgan fingerprint density at radius 3 is 1.88 bits per heavy atom. The molecular weight excluding hydrogens is 308 g/mol. The van der Waals surface area contributed by atoms with Crippen LogP contribution in [0, 0.1) is 6.92 Å². The third kappa shape index (κ3) is 3.68. The van der Waals surface area contributed by atoms with E-state index >= 15 is 0 Å². The minimum atomic E-state index is 1.28. The zero-order valence-corrected chi connectivity index (χ0v) is 16.1. The van der Waals surface area contributed by atoms with E-state index in [1.807, 2.05) is 39.0 Å². The van der Waals surface area contributed by atoms with E-state index in [0.717, 1.165) is 0 Å². The van der Waals surface area contributed by atoms with Crippen molar-refractivity contribution >= 4 is 31.5 Å². The average molecular weight is 335 g/mol. The van der Waals surface area contributed by atoms with E-state index in [-0.39, 0.29) is 0 Å². The first-order chi connectivity index (χ1) is 11.8. The van der Waals surface area contributed by atoms with E-state index in [9.17, 15) is 0 Å². The number of fused-ring (bicyclic) bond motifs is 3. The number of rotatable bonds is 1. The molecule has 1 heterocycles. The lowest BCUT2D eigenvalue weighted by Crippen LogP contribution is -1.78. The van der Waals surface area contributed by atoms with E-state index in [1.54, 1.807) is 0 Å². The Morgan fingerprint density at radius 2 is 1.17 bits per heavy atom. The molecule has 0 aliphatic carbocycles. The van der Waals surface area contributed by atoms with E-state index in [1.165, 1.54) is 36.9 Å². The van der Waals surface area contributed by atoms with Gasteiger partial charge in [-0.2, -0.15) is 0 Å². The first-order valence-electron chi connectivity index (χ1n) is 8.79. The zero-order chi connectivity index (χ0) is 17.5. The molecule has 0 spiro atoms. The van der Waals surface area contributed by atoms with Gasteiger partial charge < -0.3 is 0 Å². The highest BCUT2D eigenvalue weighted by Gasteiger charge is 2.06. The minimum absolute atomic E-state index is 1.28. The molecular formula is C23H26S. The predicted octanol–water partition coefficient (Wildman–Crippen LogP) is 8.08. The van der Waals surface area contributed by atoms with Crippen LogP contribution in [0.15, 0.2) is 66.7 Å². The first kappa shape index (κ1) is 18.2. The van der Waals surface area contributed by atoms with Gasteiger partial charge in [-0.15, -0.1) is 11.3 Å². The molecule has 0 N–H and O–H groups in total. The van der Waals surface area contributed by atoms with E-state index in [0.29, 0.717) is 0 Å². The second kappa shape index (κ2) is 8.65. The molecule has 0 amide bonds. The molecule has 0 bridgehead atoms. The molecule has 0 aliphatic heterocycles. The van der Waals surface area contributed by atoms with Crippen LogP contribution in [0.5, 0.6) is 0 Å². The molecule has 124 valence electrons. The fourth-order valence-electron chi connectivity index (χ4n) is 2.65. The van der Waals surface area contributed by atoms with Gasteiger partial charge in [0, 0.05) is 20.2 Å². The van der Waals surface area contributed by atoms with Crippen molar-refractivity contribution in [2.45, 2.75) is 34.6 Å². The number of benzene rings is 3. The van der Waals surface area contributed by atoms with Crippen LogP contribution in [-0.4, -0.2) is 0 Å². The first-order valence-corrected chi connectivity index (χ1v) is 9.61. The molecule has 0 nitrogen and oxygen atoms in total. The molecule has 0 atom stereocenters. The van der Waals surface area contributed by atoms with Crippen LogP contribution in [0.4, 0.5) is 0 Å². The maximum Gasteiger partial charge on any atom is 0.0355 e. The fourth-order valence-corrected chi connectivity index (χ4v) is 3.74. The molecule has 4 aromatic rings. The van der Waals surface area contributed by atoms with Crippen molar-refractivity contribution in [2.24, 2.45) is 0 Å². The van der Waals surface area contributed by atoms with Gasteiger partial charge in [-0.25, -0.2) is 0 Å². The molecule has 4 rings (SSSR count). The number of thiophene rings is 1. The molecule has 0 saturated heterocycles. The van der Waals surface area contributed by atoms with E-state index in [2.05, 4.69) is 73.7 Å². The Hall–Kier alpha value is -2.12. The SMILES string of the molecule is CC.CC.Cc1ccc(-c2ccc3sc4ccccc4c3c2)cc1. The topological polar surface area (TPSA) is 0 Å². The van der Waals surface area contributed by atoms with Crippen molar-refractivity contribution in [3.05, 3.63) is 72.3 Å². The molecule has 1 aromatic heterocycles. The van der Waals surface area contributed by atoms with Crippen LogP contribution < -0.4 is 0 Å². The van der Waals surface area contributed by atoms with Crippen LogP contribution in [0.1, 0.15) is 33.3 Å². The van der Waals surface area contributed by atoms with Gasteiger partial charge >= 0.3 is 0 Å². The van der Waals surface area contributed by atoms with Crippen molar-refractivity contribution < 1.29 is 0 Å². The lowest BCUT2D eigenvalue weighted by molar-refractivity contribution is 1.47. The Bertz CT molecular complexity index is 898. The van der Waals surface area contributed by atoms with Crippen LogP contribution in [-0.2, 0) is 0 Å². The summed E-state index contributed by atoms with van der Waals surface area (Å²) in [6.45, 7) is 10.1. The van der Waals surface area contributed by atoms with Gasteiger partial charge in [0.2, 0.25) is 0 Å². The van der Waals surface area contributed by atoms with Gasteiger partial charge in [0.05, 0.1) is 0 Å². The molecule has 0 aliphatic rings. The number of hydrogen-bond acceptors (Lipinski definition) is 1. The molecule has 24 heavy (non-hydrogen) atoms. The van der Waals surface area contributed by atoms with Gasteiger partial charge in [0.15, 0.2) is 0 Å².